The quantitative estimate of drug-likeness (QED) is 0.539. The van der Waals surface area contributed by atoms with Gasteiger partial charge in [0.2, 0.25) is 0 Å². The van der Waals surface area contributed by atoms with Gasteiger partial charge in [0.15, 0.2) is 5.79 Å². The summed E-state index contributed by atoms with van der Waals surface area (Å²) in [5.41, 5.74) is -0.000508. The Hall–Kier alpha value is -1.40. The second-order valence-corrected chi connectivity index (χ2v) is 9.56. The standard InChI is InChI=1S/C21H24ClN3O6S.Na/c1-29-18-13-15(22)3-5-17(18)20(26)24-32(27,28)16-4-6-19(23-14-16)25-9-7-21(8-10-25)30-11-2-12-31-21;/h3-6,13-14H,2,7-12H2,1H3,(H,24,26);/q;+1/p-1. The van der Waals surface area contributed by atoms with Crippen molar-refractivity contribution in [2.24, 2.45) is 0 Å². The summed E-state index contributed by atoms with van der Waals surface area (Å²) in [6.07, 6.45) is 3.53. The van der Waals surface area contributed by atoms with Crippen molar-refractivity contribution in [3.05, 3.63) is 51.8 Å². The predicted molar refractivity (Wildman–Crippen MR) is 118 cm³/mol. The van der Waals surface area contributed by atoms with Crippen molar-refractivity contribution in [2.75, 3.05) is 38.3 Å². The summed E-state index contributed by atoms with van der Waals surface area (Å²) >= 11 is 5.88. The summed E-state index contributed by atoms with van der Waals surface area (Å²) in [5.74, 6) is -0.680. The number of piperidine rings is 1. The van der Waals surface area contributed by atoms with Crippen LogP contribution < -0.4 is 39.2 Å². The Morgan fingerprint density at radius 2 is 1.88 bits per heavy atom. The average Bonchev–Trinajstić information content (AvgIpc) is 2.80. The van der Waals surface area contributed by atoms with E-state index in [0.717, 1.165) is 6.42 Å². The van der Waals surface area contributed by atoms with Crippen molar-refractivity contribution in [2.45, 2.75) is 29.9 Å². The molecule has 1 aromatic carbocycles. The normalized spacial score (nSPS) is 17.8. The first-order valence-corrected chi connectivity index (χ1v) is 12.0. The number of amides is 1. The molecule has 9 nitrogen and oxygen atoms in total. The van der Waals surface area contributed by atoms with Gasteiger partial charge in [-0.1, -0.05) is 11.6 Å². The van der Waals surface area contributed by atoms with E-state index in [2.05, 4.69) is 9.71 Å². The van der Waals surface area contributed by atoms with E-state index in [-0.39, 0.29) is 45.8 Å². The molecule has 2 aliphatic heterocycles. The zero-order valence-electron chi connectivity index (χ0n) is 18.5. The number of hydrogen-bond donors (Lipinski definition) is 0. The molecular weight excluding hydrogens is 481 g/mol. The van der Waals surface area contributed by atoms with Crippen LogP contribution in [0.15, 0.2) is 41.4 Å². The molecule has 3 heterocycles. The Labute approximate surface area is 220 Å². The van der Waals surface area contributed by atoms with Crippen molar-refractivity contribution in [3.8, 4) is 5.75 Å². The Balaban J connectivity index is 0.00000306. The number of hydrogen-bond acceptors (Lipinski definition) is 8. The molecule has 0 saturated carbocycles. The predicted octanol–water partition coefficient (Wildman–Crippen LogP) is 0.384. The van der Waals surface area contributed by atoms with Gasteiger partial charge >= 0.3 is 29.6 Å². The summed E-state index contributed by atoms with van der Waals surface area (Å²) in [4.78, 5) is 18.6. The zero-order chi connectivity index (χ0) is 22.8. The number of anilines is 1. The number of aromatic nitrogens is 1. The fourth-order valence-electron chi connectivity index (χ4n) is 3.75. The third-order valence-corrected chi connectivity index (χ3v) is 6.96. The first-order chi connectivity index (χ1) is 15.3. The Morgan fingerprint density at radius 1 is 1.18 bits per heavy atom. The molecule has 0 aliphatic carbocycles. The number of halogens is 1. The third-order valence-electron chi connectivity index (χ3n) is 5.48. The van der Waals surface area contributed by atoms with E-state index in [1.165, 1.54) is 37.6 Å². The van der Waals surface area contributed by atoms with Crippen LogP contribution in [-0.2, 0) is 19.5 Å². The number of benzene rings is 1. The fraction of sp³-hybridized carbons (Fsp3) is 0.429. The molecule has 0 atom stereocenters. The van der Waals surface area contributed by atoms with Gasteiger partial charge in [-0.15, -0.1) is 0 Å². The minimum atomic E-state index is -4.25. The van der Waals surface area contributed by atoms with Crippen LogP contribution in [0.2, 0.25) is 5.02 Å². The van der Waals surface area contributed by atoms with E-state index in [4.69, 9.17) is 25.8 Å². The molecule has 2 aliphatic rings. The minimum Gasteiger partial charge on any atom is -0.537 e. The molecule has 2 saturated heterocycles. The molecule has 1 spiro atoms. The molecule has 0 N–H and O–H groups in total. The minimum absolute atomic E-state index is 0. The molecule has 172 valence electrons. The van der Waals surface area contributed by atoms with Gasteiger partial charge < -0.3 is 28.6 Å². The van der Waals surface area contributed by atoms with Crippen molar-refractivity contribution < 1.29 is 57.0 Å². The van der Waals surface area contributed by atoms with Gasteiger partial charge in [-0.3, -0.25) is 0 Å². The van der Waals surface area contributed by atoms with E-state index in [0.29, 0.717) is 50.0 Å². The van der Waals surface area contributed by atoms with Crippen molar-refractivity contribution in [1.29, 1.82) is 0 Å². The molecule has 0 bridgehead atoms. The first kappa shape index (κ1) is 26.2. The second-order valence-electron chi connectivity index (χ2n) is 7.52. The maximum atomic E-state index is 12.6. The zero-order valence-corrected chi connectivity index (χ0v) is 22.1. The fourth-order valence-corrected chi connectivity index (χ4v) is 4.76. The summed E-state index contributed by atoms with van der Waals surface area (Å²) in [6, 6.07) is 7.25. The summed E-state index contributed by atoms with van der Waals surface area (Å²) < 4.78 is 45.5. The van der Waals surface area contributed by atoms with Crippen molar-refractivity contribution >= 4 is 33.3 Å². The van der Waals surface area contributed by atoms with Gasteiger partial charge in [-0.25, -0.2) is 13.4 Å². The summed E-state index contributed by atoms with van der Waals surface area (Å²) in [7, 11) is -2.89. The van der Waals surface area contributed by atoms with Crippen LogP contribution in [0, 0.1) is 0 Å². The smallest absolute Gasteiger partial charge is 0.537 e. The van der Waals surface area contributed by atoms with Gasteiger partial charge in [0.1, 0.15) is 21.6 Å². The number of sulfonamides is 1. The third kappa shape index (κ3) is 6.00. The van der Waals surface area contributed by atoms with Gasteiger partial charge in [0.25, 0.3) is 0 Å². The van der Waals surface area contributed by atoms with Gasteiger partial charge in [-0.2, -0.15) is 0 Å². The van der Waals surface area contributed by atoms with Gasteiger partial charge in [-0.05, 0) is 36.8 Å². The van der Waals surface area contributed by atoms with Crippen molar-refractivity contribution in [1.82, 2.24) is 4.98 Å². The first-order valence-electron chi connectivity index (χ1n) is 10.2. The number of rotatable bonds is 5. The Bertz CT molecular complexity index is 1080. The van der Waals surface area contributed by atoms with Crippen LogP contribution in [0.1, 0.15) is 29.6 Å². The largest absolute Gasteiger partial charge is 1.00 e. The van der Waals surface area contributed by atoms with E-state index < -0.39 is 21.7 Å². The number of pyridine rings is 1. The molecule has 1 amide bonds. The van der Waals surface area contributed by atoms with Crippen LogP contribution in [0.25, 0.3) is 4.72 Å². The van der Waals surface area contributed by atoms with Crippen LogP contribution >= 0.6 is 11.6 Å². The molecule has 2 fully saturated rings. The maximum absolute atomic E-state index is 12.6. The number of nitrogens with zero attached hydrogens (tertiary/aromatic N) is 3. The topological polar surface area (TPSA) is 109 Å². The van der Waals surface area contributed by atoms with Crippen LogP contribution in [-0.4, -0.2) is 58.5 Å². The Kier molecular flexibility index (Phi) is 8.66. The molecule has 1 aromatic heterocycles. The number of ether oxygens (including phenoxy) is 3. The van der Waals surface area contributed by atoms with E-state index in [1.807, 2.05) is 4.90 Å². The van der Waals surface area contributed by atoms with E-state index in [1.54, 1.807) is 6.07 Å². The monoisotopic (exact) mass is 503 g/mol. The van der Waals surface area contributed by atoms with Crippen LogP contribution in [0.5, 0.6) is 5.75 Å². The molecular formula is C21H23ClN3NaO6S. The van der Waals surface area contributed by atoms with Gasteiger partial charge in [0, 0.05) is 42.7 Å². The second kappa shape index (κ2) is 10.9. The van der Waals surface area contributed by atoms with Crippen LogP contribution in [0.3, 0.4) is 0 Å². The number of carbonyl (C=O) groups is 1. The number of methoxy groups -OCH3 is 1. The Morgan fingerprint density at radius 3 is 2.48 bits per heavy atom. The molecule has 2 aromatic rings. The van der Waals surface area contributed by atoms with E-state index in [9.17, 15) is 13.2 Å². The number of carbonyl (C=O) groups excluding carboxylic acids is 1. The van der Waals surface area contributed by atoms with Crippen LogP contribution in [0.4, 0.5) is 5.82 Å². The van der Waals surface area contributed by atoms with Crippen molar-refractivity contribution in [3.63, 3.8) is 0 Å². The molecule has 33 heavy (non-hydrogen) atoms. The van der Waals surface area contributed by atoms with E-state index >= 15 is 0 Å². The average molecular weight is 504 g/mol. The maximum Gasteiger partial charge on any atom is 1.00 e. The molecule has 12 heteroatoms. The van der Waals surface area contributed by atoms with Gasteiger partial charge in [0.05, 0.1) is 31.1 Å². The molecule has 0 radical (unpaired) electrons. The molecule has 0 unspecified atom stereocenters. The summed E-state index contributed by atoms with van der Waals surface area (Å²) in [5, 5.41) is 0.353. The SMILES string of the molecule is COc1cc(Cl)ccc1C(=O)[N-]S(=O)(=O)c1ccc(N2CCC3(CC2)OCCCO3)nc1.[Na+]. The summed E-state index contributed by atoms with van der Waals surface area (Å²) in [6.45, 7) is 2.76. The molecule has 4 rings (SSSR count).